The van der Waals surface area contributed by atoms with Crippen molar-refractivity contribution in [2.24, 2.45) is 11.8 Å². The van der Waals surface area contributed by atoms with Crippen LogP contribution >= 0.6 is 0 Å². The summed E-state index contributed by atoms with van der Waals surface area (Å²) in [5.74, 6) is -3.54. The molecular formula is C49H60O14. The number of Topliss-reactive ketones (excluding diaryl/α,β-unsaturated/α-hetero) is 2. The van der Waals surface area contributed by atoms with E-state index in [4.69, 9.17) is 19.3 Å². The molecule has 63 heavy (non-hydrogen) atoms. The zero-order chi connectivity index (χ0) is 46.0. The molecule has 0 radical (unpaired) electrons. The number of aliphatic hydroxyl groups is 3. The van der Waals surface area contributed by atoms with Gasteiger partial charge < -0.3 is 39.4 Å². The first-order valence-corrected chi connectivity index (χ1v) is 20.1. The van der Waals surface area contributed by atoms with Gasteiger partial charge in [0.2, 0.25) is 0 Å². The number of carbonyl (C=O) groups excluding carboxylic acids is 5. The molecule has 0 bridgehead atoms. The van der Waals surface area contributed by atoms with E-state index >= 15 is 0 Å². The third kappa shape index (κ3) is 17.2. The van der Waals surface area contributed by atoms with Crippen LogP contribution in [0.25, 0.3) is 0 Å². The molecule has 4 N–H and O–H groups in total. The van der Waals surface area contributed by atoms with Crippen molar-refractivity contribution in [2.75, 3.05) is 26.4 Å². The number of carbonyl (C=O) groups is 6. The van der Waals surface area contributed by atoms with Crippen molar-refractivity contribution < 1.29 is 68.1 Å². The zero-order valence-electron chi connectivity index (χ0n) is 35.8. The molecule has 4 aromatic carbocycles. The lowest BCUT2D eigenvalue weighted by Gasteiger charge is -2.21. The number of aliphatic hydroxyl groups excluding tert-OH is 1. The minimum Gasteiger partial charge on any atom is -0.491 e. The van der Waals surface area contributed by atoms with Crippen LogP contribution in [0.4, 0.5) is 0 Å². The summed E-state index contributed by atoms with van der Waals surface area (Å²) < 4.78 is 20.5. The molecule has 4 atom stereocenters. The fourth-order valence-electron chi connectivity index (χ4n) is 6.19. The fraction of sp³-hybridized carbons (Fsp3) is 0.388. The van der Waals surface area contributed by atoms with Crippen LogP contribution in [0.1, 0.15) is 105 Å². The first-order chi connectivity index (χ1) is 29.2. The Hall–Kier alpha value is -6.22. The van der Waals surface area contributed by atoms with Gasteiger partial charge in [-0.05, 0) is 99.2 Å². The molecule has 5 rings (SSSR count). The third-order valence-corrected chi connectivity index (χ3v) is 9.76. The molecule has 4 unspecified atom stereocenters. The van der Waals surface area contributed by atoms with Crippen LogP contribution in [0, 0.1) is 11.8 Å². The molecule has 0 saturated carbocycles. The van der Waals surface area contributed by atoms with Gasteiger partial charge in [0.15, 0.2) is 11.6 Å². The van der Waals surface area contributed by atoms with Gasteiger partial charge in [-0.1, -0.05) is 81.9 Å². The number of carboxylic acid groups (broad SMARTS) is 1. The highest BCUT2D eigenvalue weighted by Gasteiger charge is 2.38. The Morgan fingerprint density at radius 3 is 1.52 bits per heavy atom. The van der Waals surface area contributed by atoms with Gasteiger partial charge in [0, 0.05) is 11.1 Å². The Bertz CT molecular complexity index is 2070. The number of aliphatic carboxylic acids is 1. The zero-order valence-corrected chi connectivity index (χ0v) is 35.8. The molecule has 14 heteroatoms. The largest absolute Gasteiger partial charge is 0.491 e. The number of rotatable bonds is 18. The monoisotopic (exact) mass is 872 g/mol. The van der Waals surface area contributed by atoms with E-state index in [2.05, 4.69) is 4.74 Å². The van der Waals surface area contributed by atoms with Crippen LogP contribution in [0.15, 0.2) is 109 Å². The lowest BCUT2D eigenvalue weighted by Crippen LogP contribution is -2.31. The van der Waals surface area contributed by atoms with E-state index in [9.17, 15) is 44.1 Å². The average Bonchev–Trinajstić information content (AvgIpc) is 3.60. The molecule has 1 aliphatic heterocycles. The maximum absolute atomic E-state index is 12.5. The van der Waals surface area contributed by atoms with Crippen LogP contribution in [0.3, 0.4) is 0 Å². The van der Waals surface area contributed by atoms with Crippen molar-refractivity contribution in [2.45, 2.75) is 84.8 Å². The summed E-state index contributed by atoms with van der Waals surface area (Å²) in [7, 11) is 0. The topological polar surface area (TPSA) is 220 Å². The minimum atomic E-state index is -1.46. The molecule has 0 aromatic heterocycles. The van der Waals surface area contributed by atoms with E-state index in [1.54, 1.807) is 55.5 Å². The van der Waals surface area contributed by atoms with E-state index in [0.29, 0.717) is 22.6 Å². The second-order valence-corrected chi connectivity index (χ2v) is 15.6. The van der Waals surface area contributed by atoms with E-state index in [-0.39, 0.29) is 70.2 Å². The van der Waals surface area contributed by atoms with Crippen molar-refractivity contribution in [3.63, 3.8) is 0 Å². The summed E-state index contributed by atoms with van der Waals surface area (Å²) >= 11 is 0. The summed E-state index contributed by atoms with van der Waals surface area (Å²) in [6.45, 7) is 9.69. The number of hydrogen-bond acceptors (Lipinski definition) is 13. The molecule has 0 aliphatic carbocycles. The summed E-state index contributed by atoms with van der Waals surface area (Å²) in [6.07, 6.45) is -0.124. The number of cyclic esters (lactones) is 2. The van der Waals surface area contributed by atoms with Crippen molar-refractivity contribution in [1.82, 2.24) is 0 Å². The Morgan fingerprint density at radius 2 is 1.13 bits per heavy atom. The van der Waals surface area contributed by atoms with Gasteiger partial charge in [0.25, 0.3) is 0 Å². The van der Waals surface area contributed by atoms with Gasteiger partial charge in [-0.2, -0.15) is 0 Å². The number of carboxylic acids is 1. The maximum atomic E-state index is 12.5. The molecule has 4 aromatic rings. The molecule has 1 fully saturated rings. The number of benzene rings is 4. The molecule has 0 spiro atoms. The summed E-state index contributed by atoms with van der Waals surface area (Å²) in [6, 6.07) is 31.6. The van der Waals surface area contributed by atoms with Gasteiger partial charge in [-0.3, -0.25) is 28.8 Å². The second-order valence-electron chi connectivity index (χ2n) is 15.6. The van der Waals surface area contributed by atoms with Crippen molar-refractivity contribution >= 4 is 35.4 Å². The van der Waals surface area contributed by atoms with Crippen molar-refractivity contribution in [3.05, 3.63) is 131 Å². The average molecular weight is 873 g/mol. The van der Waals surface area contributed by atoms with Gasteiger partial charge in [-0.25, -0.2) is 0 Å². The molecule has 1 saturated heterocycles. The molecule has 0 amide bonds. The van der Waals surface area contributed by atoms with Gasteiger partial charge in [0.1, 0.15) is 42.5 Å². The summed E-state index contributed by atoms with van der Waals surface area (Å²) in [5, 5.41) is 37.1. The second kappa shape index (κ2) is 25.0. The van der Waals surface area contributed by atoms with Gasteiger partial charge >= 0.3 is 23.9 Å². The number of esters is 3. The highest BCUT2D eigenvalue weighted by Crippen LogP contribution is 2.32. The number of ketones is 2. The van der Waals surface area contributed by atoms with Crippen LogP contribution in [-0.2, 0) is 28.7 Å². The van der Waals surface area contributed by atoms with E-state index in [1.165, 1.54) is 27.7 Å². The van der Waals surface area contributed by atoms with E-state index in [1.807, 2.05) is 67.6 Å². The Balaban J connectivity index is 0.000000357. The number of ether oxygens (including phenoxy) is 4. The quantitative estimate of drug-likeness (QED) is 0.0343. The smallest absolute Gasteiger partial charge is 0.317 e. The Labute approximate surface area is 368 Å². The first kappa shape index (κ1) is 52.9. The predicted octanol–water partition coefficient (Wildman–Crippen LogP) is 6.98. The van der Waals surface area contributed by atoms with Crippen LogP contribution in [0.2, 0.25) is 0 Å². The van der Waals surface area contributed by atoms with Gasteiger partial charge in [-0.15, -0.1) is 0 Å². The molecule has 340 valence electrons. The summed E-state index contributed by atoms with van der Waals surface area (Å²) in [4.78, 5) is 69.7. The lowest BCUT2D eigenvalue weighted by molar-refractivity contribution is -0.154. The highest BCUT2D eigenvalue weighted by molar-refractivity contribution is 6.02. The van der Waals surface area contributed by atoms with Crippen LogP contribution in [-0.4, -0.2) is 93.5 Å². The van der Waals surface area contributed by atoms with E-state index in [0.717, 1.165) is 11.1 Å². The lowest BCUT2D eigenvalue weighted by atomic mass is 9.85. The molecular weight excluding hydrogens is 813 g/mol. The highest BCUT2D eigenvalue weighted by atomic mass is 16.6. The molecule has 1 heterocycles. The number of hydrogen-bond donors (Lipinski definition) is 4. The summed E-state index contributed by atoms with van der Waals surface area (Å²) in [5.41, 5.74) is -0.105. The third-order valence-electron chi connectivity index (χ3n) is 9.76. The van der Waals surface area contributed by atoms with Gasteiger partial charge in [0.05, 0.1) is 31.3 Å². The SMILES string of the molecule is C.CC(C)(O)C(=O)c1ccc(OCCO)cc1.CC(c1ccccc1)C(CC(=O)O)C(=O)OCCOc1ccc(C(=O)C(C)(C)O)cc1.CC(c1ccccc1)C1CC(=O)OC1=O. The predicted molar refractivity (Wildman–Crippen MR) is 235 cm³/mol. The fourth-order valence-corrected chi connectivity index (χ4v) is 6.19. The first-order valence-electron chi connectivity index (χ1n) is 20.1. The van der Waals surface area contributed by atoms with Crippen molar-refractivity contribution in [1.29, 1.82) is 0 Å². The van der Waals surface area contributed by atoms with E-state index < -0.39 is 46.8 Å². The maximum Gasteiger partial charge on any atom is 0.317 e. The minimum absolute atomic E-state index is 0. The Morgan fingerprint density at radius 1 is 0.683 bits per heavy atom. The van der Waals surface area contributed by atoms with Crippen LogP contribution < -0.4 is 9.47 Å². The normalized spacial score (nSPS) is 14.7. The Kier molecular flexibility index (Phi) is 21.0. The van der Waals surface area contributed by atoms with Crippen LogP contribution in [0.5, 0.6) is 11.5 Å². The van der Waals surface area contributed by atoms with Crippen molar-refractivity contribution in [3.8, 4) is 11.5 Å². The standard InChI is InChI=1S/C24H28O7.C12H16O4.C12H12O3.CH4/c1-16(17-7-5-4-6-8-17)20(15-21(25)26)23(28)31-14-13-30-19-11-9-18(10-12-19)22(27)24(2,3)29;1-12(2,15)11(14)9-3-5-10(6-4-9)16-8-7-13;1-8(9-5-3-2-4-6-9)10-7-11(13)15-12(10)14;/h4-12,16,20,29H,13-15H2,1-3H3,(H,25,26);3-6,13,15H,7-8H2,1-2H3;2-6,8,10H,7H2,1H3;1H4. The molecule has 14 nitrogen and oxygen atoms in total. The molecule has 1 aliphatic rings.